The second-order valence-electron chi connectivity index (χ2n) is 8.12. The van der Waals surface area contributed by atoms with E-state index in [0.717, 1.165) is 27.8 Å². The average Bonchev–Trinajstić information content (AvgIpc) is 2.87. The third-order valence-corrected chi connectivity index (χ3v) is 6.94. The van der Waals surface area contributed by atoms with Crippen LogP contribution in [0.3, 0.4) is 0 Å². The second kappa shape index (κ2) is 14.0. The van der Waals surface area contributed by atoms with E-state index in [4.69, 9.17) is 0 Å². The summed E-state index contributed by atoms with van der Waals surface area (Å²) in [5, 5.41) is 3.02. The van der Waals surface area contributed by atoms with Gasteiger partial charge in [-0.3, -0.25) is 9.59 Å². The van der Waals surface area contributed by atoms with E-state index in [2.05, 4.69) is 33.4 Å². The minimum absolute atomic E-state index is 0.0311. The lowest BCUT2D eigenvalue weighted by molar-refractivity contribution is -0.139. The topological polar surface area (TPSA) is 49.4 Å². The van der Waals surface area contributed by atoms with Gasteiger partial charge in [-0.2, -0.15) is 0 Å². The molecule has 3 aromatic rings. The maximum absolute atomic E-state index is 13.5. The molecule has 178 valence electrons. The minimum Gasteiger partial charge on any atom is -0.354 e. The molecule has 0 radical (unpaired) electrons. The molecule has 34 heavy (non-hydrogen) atoms. The van der Waals surface area contributed by atoms with E-state index in [1.54, 1.807) is 16.7 Å². The summed E-state index contributed by atoms with van der Waals surface area (Å²) in [6.07, 6.45) is 1.32. The highest BCUT2D eigenvalue weighted by molar-refractivity contribution is 9.10. The van der Waals surface area contributed by atoms with Crippen molar-refractivity contribution in [3.8, 4) is 0 Å². The Hall–Kier alpha value is -2.57. The minimum atomic E-state index is -0.581. The molecule has 0 heterocycles. The maximum atomic E-state index is 13.5. The Morgan fingerprint density at radius 1 is 0.882 bits per heavy atom. The molecule has 0 saturated carbocycles. The number of carbonyl (C=O) groups excluding carboxylic acids is 2. The molecular weight excluding hydrogens is 508 g/mol. The predicted octanol–water partition coefficient (Wildman–Crippen LogP) is 5.85. The molecule has 0 saturated heterocycles. The van der Waals surface area contributed by atoms with E-state index < -0.39 is 6.04 Å². The van der Waals surface area contributed by atoms with Gasteiger partial charge in [-0.25, -0.2) is 0 Å². The SMILES string of the molecule is CCCNC(=O)[C@H](Cc1ccccc1)N(Cc1ccc(Br)cc1)C(=O)CSCc1ccccc1. The molecule has 0 unspecified atom stereocenters. The number of halogens is 1. The van der Waals surface area contributed by atoms with Crippen LogP contribution in [0.1, 0.15) is 30.0 Å². The lowest BCUT2D eigenvalue weighted by atomic mass is 10.0. The Kier molecular flexibility index (Phi) is 10.7. The molecule has 0 aliphatic heterocycles. The van der Waals surface area contributed by atoms with Crippen molar-refractivity contribution < 1.29 is 9.59 Å². The summed E-state index contributed by atoms with van der Waals surface area (Å²) >= 11 is 5.05. The summed E-state index contributed by atoms with van der Waals surface area (Å²) in [5.74, 6) is 0.933. The third kappa shape index (κ3) is 8.33. The molecule has 0 fully saturated rings. The molecule has 0 aliphatic rings. The fourth-order valence-corrected chi connectivity index (χ4v) is 4.75. The molecule has 1 N–H and O–H groups in total. The third-order valence-electron chi connectivity index (χ3n) is 5.42. The molecular formula is C28H31BrN2O2S. The van der Waals surface area contributed by atoms with Crippen LogP contribution in [0.25, 0.3) is 0 Å². The standard InChI is InChI=1S/C28H31BrN2O2S/c1-2-17-30-28(33)26(18-22-9-5-3-6-10-22)31(19-23-13-15-25(29)16-14-23)27(32)21-34-20-24-11-7-4-8-12-24/h3-16,26H,2,17-21H2,1H3,(H,30,33)/t26-/m0/s1. The number of hydrogen-bond acceptors (Lipinski definition) is 3. The van der Waals surface area contributed by atoms with E-state index >= 15 is 0 Å². The first-order valence-corrected chi connectivity index (χ1v) is 13.5. The quantitative estimate of drug-likeness (QED) is 0.314. The smallest absolute Gasteiger partial charge is 0.243 e. The van der Waals surface area contributed by atoms with Gasteiger partial charge in [0.2, 0.25) is 11.8 Å². The van der Waals surface area contributed by atoms with Crippen molar-refractivity contribution in [1.29, 1.82) is 0 Å². The van der Waals surface area contributed by atoms with Crippen LogP contribution in [0.4, 0.5) is 0 Å². The predicted molar refractivity (Wildman–Crippen MR) is 145 cm³/mol. The van der Waals surface area contributed by atoms with Gasteiger partial charge in [0.15, 0.2) is 0 Å². The van der Waals surface area contributed by atoms with Crippen molar-refractivity contribution in [1.82, 2.24) is 10.2 Å². The fraction of sp³-hybridized carbons (Fsp3) is 0.286. The molecule has 4 nitrogen and oxygen atoms in total. The number of amides is 2. The summed E-state index contributed by atoms with van der Waals surface area (Å²) in [7, 11) is 0. The van der Waals surface area contributed by atoms with E-state index in [0.29, 0.717) is 25.3 Å². The monoisotopic (exact) mass is 538 g/mol. The van der Waals surface area contributed by atoms with Crippen LogP contribution in [-0.2, 0) is 28.3 Å². The molecule has 3 rings (SSSR count). The zero-order valence-electron chi connectivity index (χ0n) is 19.5. The highest BCUT2D eigenvalue weighted by atomic mass is 79.9. The number of rotatable bonds is 12. The van der Waals surface area contributed by atoms with Crippen molar-refractivity contribution in [2.75, 3.05) is 12.3 Å². The van der Waals surface area contributed by atoms with Crippen LogP contribution in [0, 0.1) is 0 Å². The summed E-state index contributed by atoms with van der Waals surface area (Å²) in [6, 6.07) is 27.4. The van der Waals surface area contributed by atoms with E-state index in [1.165, 1.54) is 5.56 Å². The lowest BCUT2D eigenvalue weighted by Crippen LogP contribution is -2.51. The Morgan fingerprint density at radius 3 is 2.12 bits per heavy atom. The van der Waals surface area contributed by atoms with Crippen LogP contribution in [0.2, 0.25) is 0 Å². The van der Waals surface area contributed by atoms with Crippen molar-refractivity contribution >= 4 is 39.5 Å². The van der Waals surface area contributed by atoms with Gasteiger partial charge >= 0.3 is 0 Å². The van der Waals surface area contributed by atoms with E-state index in [-0.39, 0.29) is 11.8 Å². The molecule has 0 aromatic heterocycles. The summed E-state index contributed by atoms with van der Waals surface area (Å²) < 4.78 is 0.981. The Labute approximate surface area is 215 Å². The Balaban J connectivity index is 1.82. The van der Waals surface area contributed by atoms with Crippen molar-refractivity contribution in [2.45, 2.75) is 38.1 Å². The number of hydrogen-bond donors (Lipinski definition) is 1. The van der Waals surface area contributed by atoms with Gasteiger partial charge in [-0.05, 0) is 35.2 Å². The van der Waals surface area contributed by atoms with Gasteiger partial charge in [-0.1, -0.05) is 95.7 Å². The van der Waals surface area contributed by atoms with Gasteiger partial charge in [0, 0.05) is 29.7 Å². The number of nitrogens with one attached hydrogen (secondary N) is 1. The normalized spacial score (nSPS) is 11.6. The lowest BCUT2D eigenvalue weighted by Gasteiger charge is -2.31. The van der Waals surface area contributed by atoms with Gasteiger partial charge in [0.05, 0.1) is 5.75 Å². The summed E-state index contributed by atoms with van der Waals surface area (Å²) in [4.78, 5) is 28.6. The number of nitrogens with zero attached hydrogens (tertiary/aromatic N) is 1. The summed E-state index contributed by atoms with van der Waals surface area (Å²) in [5.41, 5.74) is 3.21. The van der Waals surface area contributed by atoms with Gasteiger partial charge < -0.3 is 10.2 Å². The van der Waals surface area contributed by atoms with Gasteiger partial charge in [-0.15, -0.1) is 11.8 Å². The van der Waals surface area contributed by atoms with Crippen LogP contribution in [0.15, 0.2) is 89.4 Å². The highest BCUT2D eigenvalue weighted by Gasteiger charge is 2.30. The first-order valence-electron chi connectivity index (χ1n) is 11.5. The first-order chi connectivity index (χ1) is 16.6. The number of benzene rings is 3. The first kappa shape index (κ1) is 26.0. The molecule has 0 aliphatic carbocycles. The number of thioether (sulfide) groups is 1. The van der Waals surface area contributed by atoms with Crippen LogP contribution < -0.4 is 5.32 Å². The zero-order valence-corrected chi connectivity index (χ0v) is 21.9. The average molecular weight is 540 g/mol. The van der Waals surface area contributed by atoms with Crippen LogP contribution in [0.5, 0.6) is 0 Å². The molecule has 0 spiro atoms. The van der Waals surface area contributed by atoms with E-state index in [1.807, 2.05) is 79.7 Å². The van der Waals surface area contributed by atoms with E-state index in [9.17, 15) is 9.59 Å². The Morgan fingerprint density at radius 2 is 1.50 bits per heavy atom. The summed E-state index contributed by atoms with van der Waals surface area (Å²) in [6.45, 7) is 3.00. The maximum Gasteiger partial charge on any atom is 0.243 e. The van der Waals surface area contributed by atoms with Crippen molar-refractivity contribution in [3.63, 3.8) is 0 Å². The van der Waals surface area contributed by atoms with Crippen molar-refractivity contribution in [3.05, 3.63) is 106 Å². The van der Waals surface area contributed by atoms with Crippen molar-refractivity contribution in [2.24, 2.45) is 0 Å². The molecule has 0 bridgehead atoms. The zero-order chi connectivity index (χ0) is 24.2. The molecule has 3 aromatic carbocycles. The number of carbonyl (C=O) groups is 2. The molecule has 1 atom stereocenters. The highest BCUT2D eigenvalue weighted by Crippen LogP contribution is 2.19. The van der Waals surface area contributed by atoms with Gasteiger partial charge in [0.25, 0.3) is 0 Å². The second-order valence-corrected chi connectivity index (χ2v) is 10.0. The largest absolute Gasteiger partial charge is 0.354 e. The molecule has 2 amide bonds. The van der Waals surface area contributed by atoms with Crippen LogP contribution >= 0.6 is 27.7 Å². The van der Waals surface area contributed by atoms with Crippen LogP contribution in [-0.4, -0.2) is 35.1 Å². The molecule has 6 heteroatoms. The Bertz CT molecular complexity index is 1030. The van der Waals surface area contributed by atoms with Gasteiger partial charge in [0.1, 0.15) is 6.04 Å². The fourth-order valence-electron chi connectivity index (χ4n) is 3.62.